The van der Waals surface area contributed by atoms with Crippen molar-refractivity contribution in [2.45, 2.75) is 72.1 Å². The summed E-state index contributed by atoms with van der Waals surface area (Å²) in [6.45, 7) is 11.9. The molecule has 0 aromatic rings. The van der Waals surface area contributed by atoms with E-state index < -0.39 is 0 Å². The summed E-state index contributed by atoms with van der Waals surface area (Å²) in [5.41, 5.74) is 0.178. The molecule has 1 saturated carbocycles. The van der Waals surface area contributed by atoms with Gasteiger partial charge in [-0.2, -0.15) is 5.26 Å². The van der Waals surface area contributed by atoms with E-state index in [0.717, 1.165) is 19.4 Å². The monoisotopic (exact) mass is 252 g/mol. The van der Waals surface area contributed by atoms with E-state index in [-0.39, 0.29) is 5.41 Å². The van der Waals surface area contributed by atoms with Crippen LogP contribution >= 0.6 is 0 Å². The molecule has 1 N–H and O–H groups in total. The highest BCUT2D eigenvalue weighted by atomic mass is 16.5. The first-order valence-electron chi connectivity index (χ1n) is 7.16. The summed E-state index contributed by atoms with van der Waals surface area (Å²) in [4.78, 5) is 0. The van der Waals surface area contributed by atoms with Gasteiger partial charge in [-0.05, 0) is 18.8 Å². The van der Waals surface area contributed by atoms with Crippen LogP contribution in [0.3, 0.4) is 0 Å². The molecule has 0 spiro atoms. The molecule has 0 amide bonds. The summed E-state index contributed by atoms with van der Waals surface area (Å²) in [7, 11) is 0. The molecule has 1 aliphatic carbocycles. The molecule has 104 valence electrons. The Morgan fingerprint density at radius 1 is 1.44 bits per heavy atom. The Morgan fingerprint density at radius 3 is 2.56 bits per heavy atom. The lowest BCUT2D eigenvalue weighted by atomic mass is 9.64. The minimum atomic E-state index is 0.178. The molecule has 1 fully saturated rings. The number of hydrogen-bond donors (Lipinski definition) is 1. The summed E-state index contributed by atoms with van der Waals surface area (Å²) in [5, 5.41) is 12.4. The molecule has 0 heterocycles. The van der Waals surface area contributed by atoms with Gasteiger partial charge in [-0.3, -0.25) is 0 Å². The van der Waals surface area contributed by atoms with Crippen LogP contribution in [0, 0.1) is 22.7 Å². The lowest BCUT2D eigenvalue weighted by Gasteiger charge is -2.53. The molecule has 0 aromatic carbocycles. The average Bonchev–Trinajstić information content (AvgIpc) is 2.30. The minimum Gasteiger partial charge on any atom is -0.377 e. The van der Waals surface area contributed by atoms with Crippen molar-refractivity contribution in [2.75, 3.05) is 6.61 Å². The maximum Gasteiger partial charge on any atom is 0.0656 e. The summed E-state index contributed by atoms with van der Waals surface area (Å²) < 4.78 is 5.96. The largest absolute Gasteiger partial charge is 0.377 e. The third-order valence-corrected chi connectivity index (χ3v) is 4.08. The zero-order valence-corrected chi connectivity index (χ0v) is 12.5. The van der Waals surface area contributed by atoms with E-state index in [4.69, 9.17) is 10.00 Å². The molecule has 1 rings (SSSR count). The first-order chi connectivity index (χ1) is 8.41. The van der Waals surface area contributed by atoms with Crippen molar-refractivity contribution < 1.29 is 4.74 Å². The summed E-state index contributed by atoms with van der Waals surface area (Å²) in [5.74, 6) is 0.592. The maximum atomic E-state index is 8.78. The SMILES string of the molecule is CCC(CC#N)NC1CC(OCC(C)C)C1(C)C. The summed E-state index contributed by atoms with van der Waals surface area (Å²) in [6, 6.07) is 3.06. The van der Waals surface area contributed by atoms with Crippen molar-refractivity contribution in [3.8, 4) is 6.07 Å². The van der Waals surface area contributed by atoms with Gasteiger partial charge in [0.15, 0.2) is 0 Å². The van der Waals surface area contributed by atoms with Crippen LogP contribution in [0.4, 0.5) is 0 Å². The molecular formula is C15H28N2O. The van der Waals surface area contributed by atoms with Crippen LogP contribution in [0.2, 0.25) is 0 Å². The van der Waals surface area contributed by atoms with Crippen LogP contribution in [0.1, 0.15) is 53.9 Å². The lowest BCUT2D eigenvalue weighted by Crippen LogP contribution is -2.62. The predicted molar refractivity (Wildman–Crippen MR) is 74.2 cm³/mol. The van der Waals surface area contributed by atoms with Gasteiger partial charge < -0.3 is 10.1 Å². The van der Waals surface area contributed by atoms with Crippen LogP contribution < -0.4 is 5.32 Å². The van der Waals surface area contributed by atoms with Gasteiger partial charge in [-0.1, -0.05) is 34.6 Å². The van der Waals surface area contributed by atoms with Crippen LogP contribution in [0.15, 0.2) is 0 Å². The van der Waals surface area contributed by atoms with Gasteiger partial charge >= 0.3 is 0 Å². The first-order valence-corrected chi connectivity index (χ1v) is 7.16. The van der Waals surface area contributed by atoms with Crippen molar-refractivity contribution in [3.63, 3.8) is 0 Å². The predicted octanol–water partition coefficient (Wildman–Crippen LogP) is 3.11. The Balaban J connectivity index is 2.41. The fourth-order valence-corrected chi connectivity index (χ4v) is 2.48. The highest BCUT2D eigenvalue weighted by Gasteiger charge is 2.49. The van der Waals surface area contributed by atoms with E-state index in [9.17, 15) is 0 Å². The fourth-order valence-electron chi connectivity index (χ4n) is 2.48. The molecule has 0 aromatic heterocycles. The van der Waals surface area contributed by atoms with E-state index in [2.05, 4.69) is 46.0 Å². The van der Waals surface area contributed by atoms with Gasteiger partial charge in [0, 0.05) is 24.1 Å². The molecule has 3 heteroatoms. The van der Waals surface area contributed by atoms with Crippen molar-refractivity contribution in [1.82, 2.24) is 5.32 Å². The summed E-state index contributed by atoms with van der Waals surface area (Å²) >= 11 is 0. The normalized spacial score (nSPS) is 27.6. The molecule has 3 unspecified atom stereocenters. The van der Waals surface area contributed by atoms with E-state index in [0.29, 0.717) is 30.5 Å². The van der Waals surface area contributed by atoms with Gasteiger partial charge in [0.1, 0.15) is 0 Å². The average molecular weight is 252 g/mol. The molecule has 0 bridgehead atoms. The molecule has 3 atom stereocenters. The van der Waals surface area contributed by atoms with Gasteiger partial charge in [-0.15, -0.1) is 0 Å². The van der Waals surface area contributed by atoms with E-state index in [1.807, 2.05) is 0 Å². The van der Waals surface area contributed by atoms with Crippen molar-refractivity contribution in [2.24, 2.45) is 11.3 Å². The van der Waals surface area contributed by atoms with E-state index >= 15 is 0 Å². The van der Waals surface area contributed by atoms with Crippen LogP contribution in [0.5, 0.6) is 0 Å². The highest BCUT2D eigenvalue weighted by Crippen LogP contribution is 2.43. The van der Waals surface area contributed by atoms with E-state index in [1.165, 1.54) is 0 Å². The Bertz CT molecular complexity index is 293. The lowest BCUT2D eigenvalue weighted by molar-refractivity contribution is -0.125. The number of nitriles is 1. The molecule has 0 saturated heterocycles. The number of ether oxygens (including phenoxy) is 1. The molecule has 1 aliphatic rings. The highest BCUT2D eigenvalue weighted by molar-refractivity contribution is 5.04. The fraction of sp³-hybridized carbons (Fsp3) is 0.933. The zero-order valence-electron chi connectivity index (χ0n) is 12.5. The Hall–Kier alpha value is -0.590. The smallest absolute Gasteiger partial charge is 0.0656 e. The van der Waals surface area contributed by atoms with Gasteiger partial charge in [0.2, 0.25) is 0 Å². The van der Waals surface area contributed by atoms with Crippen LogP contribution in [-0.4, -0.2) is 24.8 Å². The topological polar surface area (TPSA) is 45.0 Å². The van der Waals surface area contributed by atoms with Crippen LogP contribution in [0.25, 0.3) is 0 Å². The molecule has 0 radical (unpaired) electrons. The maximum absolute atomic E-state index is 8.78. The van der Waals surface area contributed by atoms with Crippen molar-refractivity contribution in [3.05, 3.63) is 0 Å². The van der Waals surface area contributed by atoms with Crippen molar-refractivity contribution in [1.29, 1.82) is 5.26 Å². The van der Waals surface area contributed by atoms with Crippen LogP contribution in [-0.2, 0) is 4.74 Å². The van der Waals surface area contributed by atoms with Gasteiger partial charge in [0.05, 0.1) is 18.6 Å². The molecule has 18 heavy (non-hydrogen) atoms. The zero-order chi connectivity index (χ0) is 13.8. The Morgan fingerprint density at radius 2 is 2.11 bits per heavy atom. The first kappa shape index (κ1) is 15.5. The molecule has 0 aliphatic heterocycles. The quantitative estimate of drug-likeness (QED) is 0.757. The second-order valence-electron chi connectivity index (χ2n) is 6.46. The third-order valence-electron chi connectivity index (χ3n) is 4.08. The standard InChI is InChI=1S/C15H28N2O/c1-6-12(7-8-16)17-13-9-14(15(13,4)5)18-10-11(2)3/h11-14,17H,6-7,9-10H2,1-5H3. The van der Waals surface area contributed by atoms with E-state index in [1.54, 1.807) is 0 Å². The number of nitrogens with one attached hydrogen (secondary N) is 1. The number of rotatable bonds is 7. The molecular weight excluding hydrogens is 224 g/mol. The van der Waals surface area contributed by atoms with Gasteiger partial charge in [0.25, 0.3) is 0 Å². The Labute approximate surface area is 112 Å². The third kappa shape index (κ3) is 3.70. The second-order valence-corrected chi connectivity index (χ2v) is 6.46. The molecule has 3 nitrogen and oxygen atoms in total. The summed E-state index contributed by atoms with van der Waals surface area (Å²) in [6.07, 6.45) is 3.04. The number of hydrogen-bond acceptors (Lipinski definition) is 3. The van der Waals surface area contributed by atoms with Crippen molar-refractivity contribution >= 4 is 0 Å². The number of nitrogens with zero attached hydrogens (tertiary/aromatic N) is 1. The van der Waals surface area contributed by atoms with Gasteiger partial charge in [-0.25, -0.2) is 0 Å². The minimum absolute atomic E-state index is 0.178. The second kappa shape index (κ2) is 6.54. The Kier molecular flexibility index (Phi) is 5.62.